The maximum Gasteiger partial charge on any atom is 0.273 e. The summed E-state index contributed by atoms with van der Waals surface area (Å²) in [5.74, 6) is -1.57. The van der Waals surface area contributed by atoms with Crippen LogP contribution in [0.1, 0.15) is 90.2 Å². The van der Waals surface area contributed by atoms with E-state index in [4.69, 9.17) is 39.1 Å². The Bertz CT molecular complexity index is 1820. The van der Waals surface area contributed by atoms with Gasteiger partial charge in [-0.25, -0.2) is 0 Å². The number of para-hydroxylation sites is 1. The maximum atomic E-state index is 13.4. The van der Waals surface area contributed by atoms with Gasteiger partial charge in [0.05, 0.1) is 23.4 Å². The Morgan fingerprint density at radius 2 is 1.46 bits per heavy atom. The fraction of sp³-hybridized carbons (Fsp3) is 0.455. The number of nitrogens with one attached hydrogen (secondary N) is 4. The fourth-order valence-electron chi connectivity index (χ4n) is 5.63. The summed E-state index contributed by atoms with van der Waals surface area (Å²) >= 11 is 0. The number of nitrogens with two attached hydrogens (primary N) is 6. The van der Waals surface area contributed by atoms with Crippen molar-refractivity contribution < 1.29 is 19.1 Å². The number of aliphatic imine (C=N–C) groups is 3. The molecule has 0 aromatic heterocycles. The van der Waals surface area contributed by atoms with E-state index in [0.29, 0.717) is 74.0 Å². The van der Waals surface area contributed by atoms with Gasteiger partial charge >= 0.3 is 0 Å². The van der Waals surface area contributed by atoms with Crippen LogP contribution in [-0.4, -0.2) is 81.4 Å². The number of carbonyl (C=O) groups excluding carboxylic acids is 3. The van der Waals surface area contributed by atoms with Gasteiger partial charge in [-0.05, 0) is 109 Å². The molecule has 1 saturated heterocycles. The highest BCUT2D eigenvalue weighted by Gasteiger charge is 2.36. The number of carbonyl (C=O) groups is 3. The van der Waals surface area contributed by atoms with Crippen molar-refractivity contribution in [2.75, 3.05) is 49.2 Å². The number of anilines is 3. The van der Waals surface area contributed by atoms with E-state index in [1.54, 1.807) is 38.1 Å². The Morgan fingerprint density at radius 3 is 2.05 bits per heavy atom. The van der Waals surface area contributed by atoms with Crippen LogP contribution < -0.4 is 55.7 Å². The van der Waals surface area contributed by atoms with Gasteiger partial charge in [0.2, 0.25) is 11.8 Å². The van der Waals surface area contributed by atoms with E-state index in [1.807, 2.05) is 51.2 Å². The standard InChI is InChI=1S/C34H47N9O3.C8H18N4O.C2H6/c1-4-39-30(33(46)43-27-14-6-5-12-25(27)23(2)18-20-36)22-24(3)32(45)42-29-16-11-15-28(26(29)13-7-9-19-35)41-31(44)17-8-10-21-40-34(37)38;1-11-7-6(13-7)4-2-3-5-12-8(9)10;1-2/h4-7,11-16,22,24H,2,8-10,17-21,35-36H2,1,3H3,(H,41,44)(H,42,45)(H,43,46)(H4,37,38,40);6-7,11H,2-5H2,1H3,(H4,9,10,12);1-2H3/b13-7+,30-22-,39-4?;;. The Hall–Kier alpha value is -5.88. The molecule has 17 heteroatoms. The highest BCUT2D eigenvalue weighted by molar-refractivity contribution is 6.06. The zero-order valence-electron chi connectivity index (χ0n) is 36.7. The summed E-state index contributed by atoms with van der Waals surface area (Å²) in [6, 6.07) is 12.5. The predicted molar refractivity (Wildman–Crippen MR) is 254 cm³/mol. The zero-order chi connectivity index (χ0) is 45.6. The number of hydrogen-bond acceptors (Lipinski definition) is 10. The minimum Gasteiger partial charge on any atom is -0.370 e. The van der Waals surface area contributed by atoms with Gasteiger partial charge in [-0.1, -0.05) is 56.8 Å². The fourth-order valence-corrected chi connectivity index (χ4v) is 5.63. The van der Waals surface area contributed by atoms with Crippen LogP contribution in [0.25, 0.3) is 11.6 Å². The van der Waals surface area contributed by atoms with Gasteiger partial charge in [-0.3, -0.25) is 34.7 Å². The normalized spacial score (nSPS) is 14.7. The zero-order valence-corrected chi connectivity index (χ0v) is 36.7. The van der Waals surface area contributed by atoms with Crippen molar-refractivity contribution in [3.8, 4) is 0 Å². The monoisotopic (exact) mass is 846 g/mol. The second-order valence-electron chi connectivity index (χ2n) is 13.6. The lowest BCUT2D eigenvalue weighted by molar-refractivity contribution is -0.118. The molecule has 0 radical (unpaired) electrons. The van der Waals surface area contributed by atoms with Gasteiger partial charge < -0.3 is 55.1 Å². The van der Waals surface area contributed by atoms with E-state index in [-0.39, 0.29) is 42.1 Å². The van der Waals surface area contributed by atoms with Crippen molar-refractivity contribution in [2.45, 2.75) is 91.4 Å². The quantitative estimate of drug-likeness (QED) is 0.0232. The van der Waals surface area contributed by atoms with Crippen LogP contribution in [0.5, 0.6) is 0 Å². The maximum absolute atomic E-state index is 13.4. The lowest BCUT2D eigenvalue weighted by Gasteiger charge is -2.16. The summed E-state index contributed by atoms with van der Waals surface area (Å²) in [5.41, 5.74) is 36.3. The van der Waals surface area contributed by atoms with E-state index < -0.39 is 11.8 Å². The molecule has 1 aliphatic heterocycles. The van der Waals surface area contributed by atoms with E-state index in [9.17, 15) is 14.4 Å². The lowest BCUT2D eigenvalue weighted by Crippen LogP contribution is -2.23. The molecule has 2 aromatic rings. The Morgan fingerprint density at radius 1 is 0.836 bits per heavy atom. The van der Waals surface area contributed by atoms with Crippen molar-refractivity contribution >= 4 is 64.6 Å². The summed E-state index contributed by atoms with van der Waals surface area (Å²) in [5, 5.41) is 11.8. The molecule has 0 bridgehead atoms. The first kappa shape index (κ1) is 53.1. The SMILES string of the molecule is C=C(CCN)c1ccccc1NC(=O)/C(=C/C(C)C(=O)Nc1cccc(NC(=O)CCCCN=C(N)N)c1/C=C/CCN)N=CC.CC.CNC1OC1CCCCN=C(N)N. The third-order valence-electron chi connectivity index (χ3n) is 8.74. The number of rotatable bonds is 24. The molecule has 61 heavy (non-hydrogen) atoms. The van der Waals surface area contributed by atoms with Crippen molar-refractivity contribution in [1.82, 2.24) is 5.32 Å². The minimum absolute atomic E-state index is 0.0195. The number of hydrogen-bond donors (Lipinski definition) is 10. The summed E-state index contributed by atoms with van der Waals surface area (Å²) in [7, 11) is 1.91. The first-order valence-electron chi connectivity index (χ1n) is 20.9. The third kappa shape index (κ3) is 21.8. The number of amides is 3. The van der Waals surface area contributed by atoms with Crippen molar-refractivity contribution in [2.24, 2.45) is 55.3 Å². The van der Waals surface area contributed by atoms with Crippen molar-refractivity contribution in [3.63, 3.8) is 0 Å². The minimum atomic E-state index is -0.740. The molecule has 3 atom stereocenters. The van der Waals surface area contributed by atoms with Crippen LogP contribution >= 0.6 is 0 Å². The Kier molecular flexibility index (Phi) is 27.1. The molecule has 0 spiro atoms. The molecule has 336 valence electrons. The van der Waals surface area contributed by atoms with Crippen LogP contribution in [0.15, 0.2) is 81.9 Å². The molecule has 17 nitrogen and oxygen atoms in total. The number of nitrogens with zero attached hydrogens (tertiary/aromatic N) is 3. The summed E-state index contributed by atoms with van der Waals surface area (Å²) in [4.78, 5) is 51.4. The molecule has 1 fully saturated rings. The molecule has 16 N–H and O–H groups in total. The predicted octanol–water partition coefficient (Wildman–Crippen LogP) is 4.38. The van der Waals surface area contributed by atoms with E-state index >= 15 is 0 Å². The molecule has 3 amide bonds. The van der Waals surface area contributed by atoms with Crippen LogP contribution in [0.2, 0.25) is 0 Å². The first-order valence-corrected chi connectivity index (χ1v) is 20.9. The van der Waals surface area contributed by atoms with Gasteiger partial charge in [-0.2, -0.15) is 0 Å². The number of unbranched alkanes of at least 4 members (excludes halogenated alkanes) is 2. The number of epoxide rings is 1. The molecule has 3 unspecified atom stereocenters. The number of ether oxygens (including phenoxy) is 1. The number of guanidine groups is 2. The van der Waals surface area contributed by atoms with Crippen molar-refractivity contribution in [3.05, 3.63) is 78.0 Å². The summed E-state index contributed by atoms with van der Waals surface area (Å²) in [6.07, 6.45) is 13.3. The molecule has 0 saturated carbocycles. The molecule has 1 heterocycles. The highest BCUT2D eigenvalue weighted by atomic mass is 16.6. The van der Waals surface area contributed by atoms with Gasteiger partial charge in [-0.15, -0.1) is 0 Å². The molecule has 0 aliphatic carbocycles. The Labute approximate surface area is 362 Å². The van der Waals surface area contributed by atoms with Crippen LogP contribution in [0, 0.1) is 5.92 Å². The molecule has 2 aromatic carbocycles. The van der Waals surface area contributed by atoms with Gasteiger partial charge in [0, 0.05) is 42.5 Å². The second kappa shape index (κ2) is 31.1. The lowest BCUT2D eigenvalue weighted by atomic mass is 10.0. The van der Waals surface area contributed by atoms with E-state index in [2.05, 4.69) is 42.8 Å². The molecule has 1 aliphatic rings. The topological polar surface area (TPSA) is 305 Å². The third-order valence-corrected chi connectivity index (χ3v) is 8.74. The summed E-state index contributed by atoms with van der Waals surface area (Å²) in [6.45, 7) is 13.5. The number of likely N-dealkylation sites (N-methyl/N-ethyl adjacent to an activating group) is 1. The van der Waals surface area contributed by atoms with Gasteiger partial charge in [0.1, 0.15) is 11.9 Å². The van der Waals surface area contributed by atoms with Crippen LogP contribution in [0.4, 0.5) is 17.1 Å². The molecular formula is C44H71N13O4. The van der Waals surface area contributed by atoms with Crippen LogP contribution in [0.3, 0.4) is 0 Å². The average Bonchev–Trinajstić information content (AvgIpc) is 4.00. The van der Waals surface area contributed by atoms with Crippen molar-refractivity contribution in [1.29, 1.82) is 0 Å². The highest BCUT2D eigenvalue weighted by Crippen LogP contribution is 2.29. The summed E-state index contributed by atoms with van der Waals surface area (Å²) < 4.78 is 5.30. The number of benzene rings is 2. The van der Waals surface area contributed by atoms with E-state index in [0.717, 1.165) is 36.9 Å². The van der Waals surface area contributed by atoms with E-state index in [1.165, 1.54) is 12.3 Å². The Balaban J connectivity index is 0.00000104. The second-order valence-corrected chi connectivity index (χ2v) is 13.6. The molecule has 3 rings (SSSR count). The van der Waals surface area contributed by atoms with Gasteiger partial charge in [0.25, 0.3) is 5.91 Å². The smallest absolute Gasteiger partial charge is 0.273 e. The average molecular weight is 846 g/mol. The van der Waals surface area contributed by atoms with Gasteiger partial charge in [0.15, 0.2) is 11.9 Å². The molecular weight excluding hydrogens is 775 g/mol. The van der Waals surface area contributed by atoms with Crippen LogP contribution in [-0.2, 0) is 19.1 Å². The largest absolute Gasteiger partial charge is 0.370 e. The first-order chi connectivity index (χ1) is 29.3.